The fourth-order valence-corrected chi connectivity index (χ4v) is 3.17. The Labute approximate surface area is 141 Å². The van der Waals surface area contributed by atoms with Crippen LogP contribution in [0.4, 0.5) is 0 Å². The highest BCUT2D eigenvalue weighted by atomic mass is 16.5. The molecule has 24 heavy (non-hydrogen) atoms. The summed E-state index contributed by atoms with van der Waals surface area (Å²) in [6, 6.07) is 3.64. The van der Waals surface area contributed by atoms with Gasteiger partial charge in [-0.3, -0.25) is 14.5 Å². The molecule has 2 saturated heterocycles. The second-order valence-corrected chi connectivity index (χ2v) is 6.35. The maximum atomic E-state index is 12.2. The molecule has 1 unspecified atom stereocenters. The van der Waals surface area contributed by atoms with Crippen LogP contribution in [-0.4, -0.2) is 67.6 Å². The van der Waals surface area contributed by atoms with E-state index in [0.717, 1.165) is 45.0 Å². The SMILES string of the molecule is O=C(NCCCN1CCOCC1)C1CC(=O)N(Cc2ccco2)C1. The molecule has 0 aliphatic carbocycles. The monoisotopic (exact) mass is 335 g/mol. The summed E-state index contributed by atoms with van der Waals surface area (Å²) in [6.07, 6.45) is 2.80. The van der Waals surface area contributed by atoms with Crippen molar-refractivity contribution >= 4 is 11.8 Å². The summed E-state index contributed by atoms with van der Waals surface area (Å²) < 4.78 is 10.6. The standard InChI is InChI=1S/C17H25N3O4/c21-16-11-14(12-20(16)13-15-3-1-8-24-15)17(22)18-4-2-5-19-6-9-23-10-7-19/h1,3,8,14H,2,4-7,9-13H2,(H,18,22). The predicted octanol–water partition coefficient (Wildman–Crippen LogP) is 0.467. The molecule has 3 rings (SSSR count). The van der Waals surface area contributed by atoms with E-state index in [4.69, 9.17) is 9.15 Å². The number of carbonyl (C=O) groups is 2. The topological polar surface area (TPSA) is 75.0 Å². The van der Waals surface area contributed by atoms with Gasteiger partial charge >= 0.3 is 0 Å². The van der Waals surface area contributed by atoms with Gasteiger partial charge in [0.05, 0.1) is 31.9 Å². The third-order valence-electron chi connectivity index (χ3n) is 4.57. The average molecular weight is 335 g/mol. The number of furan rings is 1. The molecule has 132 valence electrons. The molecule has 1 atom stereocenters. The molecule has 1 N–H and O–H groups in total. The van der Waals surface area contributed by atoms with Crippen LogP contribution in [0.15, 0.2) is 22.8 Å². The Morgan fingerprint density at radius 3 is 2.92 bits per heavy atom. The number of hydrogen-bond acceptors (Lipinski definition) is 5. The van der Waals surface area contributed by atoms with Crippen molar-refractivity contribution in [2.45, 2.75) is 19.4 Å². The highest BCUT2D eigenvalue weighted by Gasteiger charge is 2.34. The Bertz CT molecular complexity index is 540. The minimum absolute atomic E-state index is 0.0138. The molecule has 0 radical (unpaired) electrons. The molecule has 7 heteroatoms. The van der Waals surface area contributed by atoms with Gasteiger partial charge < -0.3 is 19.4 Å². The molecule has 0 spiro atoms. The van der Waals surface area contributed by atoms with E-state index in [0.29, 0.717) is 19.6 Å². The summed E-state index contributed by atoms with van der Waals surface area (Å²) >= 11 is 0. The van der Waals surface area contributed by atoms with Crippen LogP contribution < -0.4 is 5.32 Å². The minimum atomic E-state index is -0.254. The van der Waals surface area contributed by atoms with Crippen LogP contribution in [0.5, 0.6) is 0 Å². The van der Waals surface area contributed by atoms with E-state index in [1.165, 1.54) is 0 Å². The molecular weight excluding hydrogens is 310 g/mol. The van der Waals surface area contributed by atoms with Crippen molar-refractivity contribution in [2.75, 3.05) is 45.9 Å². The van der Waals surface area contributed by atoms with Gasteiger partial charge in [0.1, 0.15) is 5.76 Å². The summed E-state index contributed by atoms with van der Waals surface area (Å²) in [7, 11) is 0. The number of ether oxygens (including phenoxy) is 1. The lowest BCUT2D eigenvalue weighted by Gasteiger charge is -2.26. The van der Waals surface area contributed by atoms with Crippen LogP contribution in [0.25, 0.3) is 0 Å². The fourth-order valence-electron chi connectivity index (χ4n) is 3.17. The van der Waals surface area contributed by atoms with Gasteiger partial charge in [-0.2, -0.15) is 0 Å². The summed E-state index contributed by atoms with van der Waals surface area (Å²) in [5.41, 5.74) is 0. The second-order valence-electron chi connectivity index (χ2n) is 6.35. The largest absolute Gasteiger partial charge is 0.467 e. The Morgan fingerprint density at radius 2 is 2.17 bits per heavy atom. The van der Waals surface area contributed by atoms with Crippen LogP contribution in [0, 0.1) is 5.92 Å². The molecule has 2 aliphatic rings. The van der Waals surface area contributed by atoms with Crippen molar-refractivity contribution in [1.29, 1.82) is 0 Å². The molecule has 0 aromatic carbocycles. The zero-order valence-electron chi connectivity index (χ0n) is 13.9. The van der Waals surface area contributed by atoms with Gasteiger partial charge in [0, 0.05) is 32.6 Å². The first-order chi connectivity index (χ1) is 11.7. The lowest BCUT2D eigenvalue weighted by atomic mass is 10.1. The highest BCUT2D eigenvalue weighted by molar-refractivity contribution is 5.89. The van der Waals surface area contributed by atoms with Crippen LogP contribution in [0.2, 0.25) is 0 Å². The van der Waals surface area contributed by atoms with Gasteiger partial charge in [0.15, 0.2) is 0 Å². The quantitative estimate of drug-likeness (QED) is 0.733. The number of nitrogens with one attached hydrogen (secondary N) is 1. The summed E-state index contributed by atoms with van der Waals surface area (Å²) in [6.45, 7) is 6.04. The Hall–Kier alpha value is -1.86. The summed E-state index contributed by atoms with van der Waals surface area (Å²) in [4.78, 5) is 28.3. The maximum Gasteiger partial charge on any atom is 0.225 e. The first-order valence-corrected chi connectivity index (χ1v) is 8.60. The van der Waals surface area contributed by atoms with E-state index in [2.05, 4.69) is 10.2 Å². The van der Waals surface area contributed by atoms with E-state index in [1.54, 1.807) is 17.2 Å². The summed E-state index contributed by atoms with van der Waals surface area (Å²) in [5, 5.41) is 2.96. The van der Waals surface area contributed by atoms with Gasteiger partial charge in [-0.15, -0.1) is 0 Å². The second kappa shape index (κ2) is 8.30. The van der Waals surface area contributed by atoms with Crippen molar-refractivity contribution in [3.8, 4) is 0 Å². The van der Waals surface area contributed by atoms with Crippen LogP contribution in [-0.2, 0) is 20.9 Å². The Morgan fingerprint density at radius 1 is 1.33 bits per heavy atom. The molecule has 0 saturated carbocycles. The Balaban J connectivity index is 1.35. The zero-order chi connectivity index (χ0) is 16.8. The van der Waals surface area contributed by atoms with Crippen molar-refractivity contribution in [1.82, 2.24) is 15.1 Å². The third-order valence-corrected chi connectivity index (χ3v) is 4.57. The molecular formula is C17H25N3O4. The van der Waals surface area contributed by atoms with Crippen LogP contribution in [0.1, 0.15) is 18.6 Å². The lowest BCUT2D eigenvalue weighted by Crippen LogP contribution is -2.39. The third kappa shape index (κ3) is 4.58. The molecule has 2 amide bonds. The van der Waals surface area contributed by atoms with Crippen LogP contribution >= 0.6 is 0 Å². The van der Waals surface area contributed by atoms with E-state index in [9.17, 15) is 9.59 Å². The molecule has 2 aliphatic heterocycles. The zero-order valence-corrected chi connectivity index (χ0v) is 13.9. The van der Waals surface area contributed by atoms with E-state index in [-0.39, 0.29) is 24.2 Å². The number of rotatable bonds is 7. The van der Waals surface area contributed by atoms with Crippen molar-refractivity contribution in [2.24, 2.45) is 5.92 Å². The van der Waals surface area contributed by atoms with E-state index < -0.39 is 0 Å². The predicted molar refractivity (Wildman–Crippen MR) is 87.1 cm³/mol. The minimum Gasteiger partial charge on any atom is -0.467 e. The fraction of sp³-hybridized carbons (Fsp3) is 0.647. The number of carbonyl (C=O) groups excluding carboxylic acids is 2. The molecule has 0 bridgehead atoms. The lowest BCUT2D eigenvalue weighted by molar-refractivity contribution is -0.129. The first-order valence-electron chi connectivity index (χ1n) is 8.60. The number of hydrogen-bond donors (Lipinski definition) is 1. The normalized spacial score (nSPS) is 22.1. The van der Waals surface area contributed by atoms with Gasteiger partial charge in [0.25, 0.3) is 0 Å². The van der Waals surface area contributed by atoms with Gasteiger partial charge in [-0.05, 0) is 25.1 Å². The van der Waals surface area contributed by atoms with Gasteiger partial charge in [0.2, 0.25) is 11.8 Å². The van der Waals surface area contributed by atoms with E-state index >= 15 is 0 Å². The molecule has 2 fully saturated rings. The van der Waals surface area contributed by atoms with Crippen molar-refractivity contribution in [3.63, 3.8) is 0 Å². The van der Waals surface area contributed by atoms with Crippen molar-refractivity contribution < 1.29 is 18.7 Å². The number of likely N-dealkylation sites (tertiary alicyclic amines) is 1. The van der Waals surface area contributed by atoms with Crippen molar-refractivity contribution in [3.05, 3.63) is 24.2 Å². The molecule has 7 nitrogen and oxygen atoms in total. The Kier molecular flexibility index (Phi) is 5.87. The number of nitrogens with zero attached hydrogens (tertiary/aromatic N) is 2. The highest BCUT2D eigenvalue weighted by Crippen LogP contribution is 2.20. The summed E-state index contributed by atoms with van der Waals surface area (Å²) in [5.74, 6) is 0.484. The van der Waals surface area contributed by atoms with Gasteiger partial charge in [-0.1, -0.05) is 0 Å². The number of morpholine rings is 1. The molecule has 1 aromatic heterocycles. The van der Waals surface area contributed by atoms with E-state index in [1.807, 2.05) is 6.07 Å². The van der Waals surface area contributed by atoms with Crippen LogP contribution in [0.3, 0.4) is 0 Å². The first kappa shape index (κ1) is 17.0. The molecule has 1 aromatic rings. The molecule has 3 heterocycles. The van der Waals surface area contributed by atoms with Gasteiger partial charge in [-0.25, -0.2) is 0 Å². The maximum absolute atomic E-state index is 12.2. The smallest absolute Gasteiger partial charge is 0.225 e. The number of amides is 2. The average Bonchev–Trinajstić information content (AvgIpc) is 3.23.